The van der Waals surface area contributed by atoms with Crippen molar-refractivity contribution in [1.82, 2.24) is 15.0 Å². The second kappa shape index (κ2) is 4.05. The van der Waals surface area contributed by atoms with E-state index in [1.165, 1.54) is 12.8 Å². The quantitative estimate of drug-likeness (QED) is 0.876. The molecular weight excluding hydrogens is 224 g/mol. The minimum absolute atomic E-state index is 0.504. The predicted octanol–water partition coefficient (Wildman–Crippen LogP) is 2.62. The van der Waals surface area contributed by atoms with Gasteiger partial charge in [-0.25, -0.2) is 9.97 Å². The van der Waals surface area contributed by atoms with E-state index in [9.17, 15) is 0 Å². The minimum atomic E-state index is 0.504. The molecule has 2 N–H and O–H groups in total. The summed E-state index contributed by atoms with van der Waals surface area (Å²) >= 11 is 0. The first-order chi connectivity index (χ1) is 8.65. The third kappa shape index (κ3) is 1.94. The lowest BCUT2D eigenvalue weighted by Gasteiger charge is -2.10. The van der Waals surface area contributed by atoms with E-state index in [1.54, 1.807) is 0 Å². The van der Waals surface area contributed by atoms with E-state index in [4.69, 9.17) is 5.73 Å². The van der Waals surface area contributed by atoms with Crippen LogP contribution in [-0.2, 0) is 0 Å². The molecule has 18 heavy (non-hydrogen) atoms. The Morgan fingerprint density at radius 3 is 2.61 bits per heavy atom. The predicted molar refractivity (Wildman–Crippen MR) is 71.1 cm³/mol. The van der Waals surface area contributed by atoms with Gasteiger partial charge < -0.3 is 5.73 Å². The summed E-state index contributed by atoms with van der Waals surface area (Å²) in [5.41, 5.74) is 9.98. The van der Waals surface area contributed by atoms with Crippen LogP contribution in [0.15, 0.2) is 18.5 Å². The Kier molecular flexibility index (Phi) is 2.51. The molecule has 92 valence electrons. The van der Waals surface area contributed by atoms with Crippen molar-refractivity contribution >= 4 is 5.82 Å². The Balaban J connectivity index is 2.15. The lowest BCUT2D eigenvalue weighted by atomic mass is 10.1. The molecule has 0 amide bonds. The van der Waals surface area contributed by atoms with Gasteiger partial charge in [-0.15, -0.1) is 0 Å². The molecule has 4 heteroatoms. The van der Waals surface area contributed by atoms with Gasteiger partial charge >= 0.3 is 0 Å². The topological polar surface area (TPSA) is 64.7 Å². The van der Waals surface area contributed by atoms with E-state index in [-0.39, 0.29) is 0 Å². The number of hydrogen-bond donors (Lipinski definition) is 1. The highest BCUT2D eigenvalue weighted by molar-refractivity contribution is 5.67. The second-order valence-electron chi connectivity index (χ2n) is 4.97. The van der Waals surface area contributed by atoms with Crippen LogP contribution < -0.4 is 5.73 Å². The molecule has 1 fully saturated rings. The summed E-state index contributed by atoms with van der Waals surface area (Å²) in [4.78, 5) is 13.3. The normalized spacial score (nSPS) is 14.8. The van der Waals surface area contributed by atoms with Crippen LogP contribution in [0.3, 0.4) is 0 Å². The van der Waals surface area contributed by atoms with E-state index >= 15 is 0 Å². The van der Waals surface area contributed by atoms with Crippen molar-refractivity contribution in [3.63, 3.8) is 0 Å². The number of rotatable bonds is 2. The first-order valence-corrected chi connectivity index (χ1v) is 6.21. The summed E-state index contributed by atoms with van der Waals surface area (Å²) in [6, 6.07) is 2.08. The van der Waals surface area contributed by atoms with Crippen molar-refractivity contribution in [2.75, 3.05) is 5.73 Å². The molecule has 0 bridgehead atoms. The number of nitrogens with zero attached hydrogens (tertiary/aromatic N) is 3. The summed E-state index contributed by atoms with van der Waals surface area (Å²) in [5.74, 6) is 1.97. The summed E-state index contributed by atoms with van der Waals surface area (Å²) in [6.45, 7) is 3.99. The molecule has 0 saturated heterocycles. The Morgan fingerprint density at radius 2 is 1.94 bits per heavy atom. The van der Waals surface area contributed by atoms with Gasteiger partial charge in [0.05, 0.1) is 5.69 Å². The monoisotopic (exact) mass is 240 g/mol. The fraction of sp³-hybridized carbons (Fsp3) is 0.357. The van der Waals surface area contributed by atoms with Crippen LogP contribution in [0, 0.1) is 13.8 Å². The first-order valence-electron chi connectivity index (χ1n) is 6.21. The molecule has 0 radical (unpaired) electrons. The first kappa shape index (κ1) is 11.1. The smallest absolute Gasteiger partial charge is 0.134 e. The fourth-order valence-electron chi connectivity index (χ4n) is 2.04. The summed E-state index contributed by atoms with van der Waals surface area (Å²) in [5, 5.41) is 0. The van der Waals surface area contributed by atoms with Gasteiger partial charge in [-0.2, -0.15) is 0 Å². The maximum absolute atomic E-state index is 5.99. The van der Waals surface area contributed by atoms with Gasteiger partial charge in [0.15, 0.2) is 0 Å². The number of aromatic nitrogens is 3. The fourth-order valence-corrected chi connectivity index (χ4v) is 2.04. The molecule has 2 aromatic rings. The lowest BCUT2D eigenvalue weighted by molar-refractivity contribution is 0.927. The molecule has 0 spiro atoms. The summed E-state index contributed by atoms with van der Waals surface area (Å²) < 4.78 is 0. The maximum Gasteiger partial charge on any atom is 0.134 e. The Labute approximate surface area is 106 Å². The number of hydrogen-bond acceptors (Lipinski definition) is 4. The molecule has 2 aromatic heterocycles. The van der Waals surface area contributed by atoms with Crippen molar-refractivity contribution in [3.05, 3.63) is 35.4 Å². The SMILES string of the molecule is Cc1cncc(-c2nc(C3CC3)nc(N)c2C)c1. The third-order valence-electron chi connectivity index (χ3n) is 3.29. The zero-order valence-electron chi connectivity index (χ0n) is 10.6. The number of nitrogens with two attached hydrogens (primary N) is 1. The molecule has 4 nitrogen and oxygen atoms in total. The van der Waals surface area contributed by atoms with Gasteiger partial charge in [-0.1, -0.05) is 0 Å². The Morgan fingerprint density at radius 1 is 1.17 bits per heavy atom. The third-order valence-corrected chi connectivity index (χ3v) is 3.29. The maximum atomic E-state index is 5.99. The highest BCUT2D eigenvalue weighted by Crippen LogP contribution is 2.39. The number of nitrogen functional groups attached to an aromatic ring is 1. The van der Waals surface area contributed by atoms with E-state index in [1.807, 2.05) is 26.2 Å². The number of pyridine rings is 1. The molecule has 1 aliphatic carbocycles. The van der Waals surface area contributed by atoms with Gasteiger partial charge in [0, 0.05) is 29.4 Å². The average molecular weight is 240 g/mol. The van der Waals surface area contributed by atoms with Gasteiger partial charge in [-0.3, -0.25) is 4.98 Å². The molecule has 1 aliphatic rings. The molecular formula is C14H16N4. The minimum Gasteiger partial charge on any atom is -0.383 e. The van der Waals surface area contributed by atoms with Crippen LogP contribution in [0.1, 0.15) is 35.7 Å². The molecule has 0 unspecified atom stereocenters. The van der Waals surface area contributed by atoms with Gasteiger partial charge in [0.25, 0.3) is 0 Å². The number of aryl methyl sites for hydroxylation is 1. The molecule has 2 heterocycles. The summed E-state index contributed by atoms with van der Waals surface area (Å²) in [7, 11) is 0. The highest BCUT2D eigenvalue weighted by atomic mass is 15.0. The molecule has 1 saturated carbocycles. The van der Waals surface area contributed by atoms with Crippen LogP contribution in [0.5, 0.6) is 0 Å². The van der Waals surface area contributed by atoms with E-state index < -0.39 is 0 Å². The van der Waals surface area contributed by atoms with E-state index in [2.05, 4.69) is 21.0 Å². The average Bonchev–Trinajstić information content (AvgIpc) is 3.16. The Bertz CT molecular complexity index is 603. The van der Waals surface area contributed by atoms with Crippen LogP contribution in [0.25, 0.3) is 11.3 Å². The molecule has 0 aromatic carbocycles. The second-order valence-corrected chi connectivity index (χ2v) is 4.97. The van der Waals surface area contributed by atoms with Crippen LogP contribution >= 0.6 is 0 Å². The van der Waals surface area contributed by atoms with Crippen LogP contribution in [-0.4, -0.2) is 15.0 Å². The van der Waals surface area contributed by atoms with Gasteiger partial charge in [0.2, 0.25) is 0 Å². The van der Waals surface area contributed by atoms with Gasteiger partial charge in [-0.05, 0) is 38.3 Å². The van der Waals surface area contributed by atoms with Crippen molar-refractivity contribution in [2.24, 2.45) is 0 Å². The molecule has 3 rings (SSSR count). The van der Waals surface area contributed by atoms with Crippen LogP contribution in [0.2, 0.25) is 0 Å². The van der Waals surface area contributed by atoms with Gasteiger partial charge in [0.1, 0.15) is 11.6 Å². The highest BCUT2D eigenvalue weighted by Gasteiger charge is 2.28. The van der Waals surface area contributed by atoms with Crippen molar-refractivity contribution in [3.8, 4) is 11.3 Å². The van der Waals surface area contributed by atoms with Crippen molar-refractivity contribution < 1.29 is 0 Å². The summed E-state index contributed by atoms with van der Waals surface area (Å²) in [6.07, 6.45) is 6.02. The zero-order chi connectivity index (χ0) is 12.7. The standard InChI is InChI=1S/C14H16N4/c1-8-5-11(7-16-6-8)12-9(2)13(15)18-14(17-12)10-3-4-10/h5-7,10H,3-4H2,1-2H3,(H2,15,17,18). The Hall–Kier alpha value is -1.97. The largest absolute Gasteiger partial charge is 0.383 e. The molecule has 0 atom stereocenters. The molecule has 0 aliphatic heterocycles. The lowest BCUT2D eigenvalue weighted by Crippen LogP contribution is -2.04. The van der Waals surface area contributed by atoms with Crippen molar-refractivity contribution in [1.29, 1.82) is 0 Å². The van der Waals surface area contributed by atoms with Crippen LogP contribution in [0.4, 0.5) is 5.82 Å². The van der Waals surface area contributed by atoms with Crippen molar-refractivity contribution in [2.45, 2.75) is 32.6 Å². The number of anilines is 1. The van der Waals surface area contributed by atoms with E-state index in [0.29, 0.717) is 11.7 Å². The van der Waals surface area contributed by atoms with E-state index in [0.717, 1.165) is 28.2 Å². The zero-order valence-corrected chi connectivity index (χ0v) is 10.6.